The summed E-state index contributed by atoms with van der Waals surface area (Å²) in [5.41, 5.74) is 0.393. The molecule has 3 heterocycles. The molecule has 0 spiro atoms. The number of amides is 1. The molecule has 1 aromatic heterocycles. The maximum atomic E-state index is 13.1. The molecule has 0 saturated carbocycles. The summed E-state index contributed by atoms with van der Waals surface area (Å²) < 4.78 is 17.0. The highest BCUT2D eigenvalue weighted by molar-refractivity contribution is 6.46. The Bertz CT molecular complexity index is 1050. The number of fused-ring (bicyclic) bond motifs is 1. The zero-order chi connectivity index (χ0) is 22.8. The van der Waals surface area contributed by atoms with Gasteiger partial charge in [-0.15, -0.1) is 0 Å². The van der Waals surface area contributed by atoms with Crippen molar-refractivity contribution in [1.29, 1.82) is 0 Å². The summed E-state index contributed by atoms with van der Waals surface area (Å²) in [6.45, 7) is 9.37. The molecule has 1 fully saturated rings. The van der Waals surface area contributed by atoms with Gasteiger partial charge in [0.1, 0.15) is 36.5 Å². The Morgan fingerprint density at radius 2 is 1.81 bits per heavy atom. The van der Waals surface area contributed by atoms with E-state index < -0.39 is 17.7 Å². The number of ketones is 1. The fourth-order valence-electron chi connectivity index (χ4n) is 4.14. The molecule has 0 unspecified atom stereocenters. The van der Waals surface area contributed by atoms with E-state index in [1.807, 2.05) is 13.8 Å². The number of furan rings is 1. The molecule has 0 bridgehead atoms. The summed E-state index contributed by atoms with van der Waals surface area (Å²) in [6, 6.07) is 7.69. The lowest BCUT2D eigenvalue weighted by Gasteiger charge is -2.26. The third-order valence-corrected chi connectivity index (χ3v) is 5.94. The molecule has 8 heteroatoms. The molecule has 8 nitrogen and oxygen atoms in total. The van der Waals surface area contributed by atoms with Crippen molar-refractivity contribution in [3.8, 4) is 11.5 Å². The van der Waals surface area contributed by atoms with Crippen LogP contribution in [0.5, 0.6) is 11.5 Å². The number of hydrogen-bond donors (Lipinski definition) is 1. The average Bonchev–Trinajstić information content (AvgIpc) is 3.34. The van der Waals surface area contributed by atoms with E-state index >= 15 is 0 Å². The number of aliphatic hydroxyl groups is 1. The van der Waals surface area contributed by atoms with Crippen LogP contribution in [0.4, 0.5) is 0 Å². The molecular formula is C24H28N2O6. The zero-order valence-electron chi connectivity index (χ0n) is 18.6. The largest absolute Gasteiger partial charge is 0.507 e. The molecular weight excluding hydrogens is 412 g/mol. The number of likely N-dealkylation sites (tertiary alicyclic amines) is 1. The van der Waals surface area contributed by atoms with Gasteiger partial charge >= 0.3 is 0 Å². The van der Waals surface area contributed by atoms with E-state index in [1.165, 1.54) is 4.90 Å². The summed E-state index contributed by atoms with van der Waals surface area (Å²) in [6.07, 6.45) is 0. The molecule has 1 N–H and O–H groups in total. The number of likely N-dealkylation sites (N-methyl/N-ethyl adjacent to an activating group) is 1. The number of carbonyl (C=O) groups is 2. The molecule has 0 aliphatic carbocycles. The Hall–Kier alpha value is -3.26. The van der Waals surface area contributed by atoms with Crippen molar-refractivity contribution in [2.75, 3.05) is 39.4 Å². The van der Waals surface area contributed by atoms with Gasteiger partial charge in [0.05, 0.1) is 5.57 Å². The maximum absolute atomic E-state index is 13.1. The third kappa shape index (κ3) is 3.98. The van der Waals surface area contributed by atoms with Gasteiger partial charge in [-0.2, -0.15) is 0 Å². The smallest absolute Gasteiger partial charge is 0.295 e. The van der Waals surface area contributed by atoms with Crippen LogP contribution in [-0.2, 0) is 9.59 Å². The summed E-state index contributed by atoms with van der Waals surface area (Å²) in [5, 5.41) is 11.2. The van der Waals surface area contributed by atoms with Crippen molar-refractivity contribution in [2.45, 2.75) is 26.8 Å². The highest BCUT2D eigenvalue weighted by atomic mass is 16.6. The van der Waals surface area contributed by atoms with Crippen LogP contribution in [0, 0.1) is 6.92 Å². The second-order valence-corrected chi connectivity index (χ2v) is 7.83. The molecule has 1 amide bonds. The van der Waals surface area contributed by atoms with E-state index in [4.69, 9.17) is 13.9 Å². The van der Waals surface area contributed by atoms with Crippen LogP contribution in [-0.4, -0.2) is 66.0 Å². The van der Waals surface area contributed by atoms with Crippen LogP contribution < -0.4 is 9.47 Å². The van der Waals surface area contributed by atoms with Crippen LogP contribution >= 0.6 is 0 Å². The Morgan fingerprint density at radius 1 is 1.09 bits per heavy atom. The number of carbonyl (C=O) groups excluding carboxylic acids is 2. The summed E-state index contributed by atoms with van der Waals surface area (Å²) in [5.74, 6) is 0.539. The molecule has 1 saturated heterocycles. The first-order valence-corrected chi connectivity index (χ1v) is 10.9. The van der Waals surface area contributed by atoms with Crippen LogP contribution in [0.2, 0.25) is 0 Å². The average molecular weight is 440 g/mol. The van der Waals surface area contributed by atoms with Crippen molar-refractivity contribution in [1.82, 2.24) is 9.80 Å². The summed E-state index contributed by atoms with van der Waals surface area (Å²) >= 11 is 0. The number of benzene rings is 1. The molecule has 0 radical (unpaired) electrons. The summed E-state index contributed by atoms with van der Waals surface area (Å²) in [4.78, 5) is 29.7. The van der Waals surface area contributed by atoms with Crippen molar-refractivity contribution in [2.24, 2.45) is 0 Å². The second kappa shape index (κ2) is 9.08. The number of rotatable bonds is 7. The third-order valence-electron chi connectivity index (χ3n) is 5.94. The zero-order valence-corrected chi connectivity index (χ0v) is 18.6. The molecule has 1 atom stereocenters. The molecule has 32 heavy (non-hydrogen) atoms. The number of ether oxygens (including phenoxy) is 2. The van der Waals surface area contributed by atoms with Gasteiger partial charge in [0.25, 0.3) is 11.7 Å². The Labute approximate surface area is 187 Å². The monoisotopic (exact) mass is 440 g/mol. The van der Waals surface area contributed by atoms with Crippen molar-refractivity contribution >= 4 is 17.4 Å². The Morgan fingerprint density at radius 3 is 2.47 bits per heavy atom. The van der Waals surface area contributed by atoms with Crippen molar-refractivity contribution in [3.63, 3.8) is 0 Å². The van der Waals surface area contributed by atoms with Gasteiger partial charge in [-0.05, 0) is 50.3 Å². The minimum absolute atomic E-state index is 0.0144. The van der Waals surface area contributed by atoms with Gasteiger partial charge in [0, 0.05) is 18.7 Å². The van der Waals surface area contributed by atoms with Gasteiger partial charge in [-0.25, -0.2) is 0 Å². The summed E-state index contributed by atoms with van der Waals surface area (Å²) in [7, 11) is 0. The van der Waals surface area contributed by atoms with E-state index in [9.17, 15) is 14.7 Å². The number of Topliss-reactive ketones (excluding diaryl/α,β-unsaturated/α-hetero) is 1. The van der Waals surface area contributed by atoms with E-state index in [1.54, 1.807) is 37.3 Å². The molecule has 2 aromatic rings. The molecule has 1 aromatic carbocycles. The lowest BCUT2D eigenvalue weighted by molar-refractivity contribution is -0.140. The first-order valence-electron chi connectivity index (χ1n) is 10.9. The number of nitrogens with zero attached hydrogens (tertiary/aromatic N) is 2. The fourth-order valence-corrected chi connectivity index (χ4v) is 4.14. The highest BCUT2D eigenvalue weighted by Gasteiger charge is 2.47. The molecule has 2 aliphatic rings. The highest BCUT2D eigenvalue weighted by Crippen LogP contribution is 2.41. The SMILES string of the molecule is CCN(CC)CCN1C(=O)C(=O)C(=C(O)c2ccc3c(c2)OCCO3)[C@H]1c1ccc(C)o1. The first-order chi connectivity index (χ1) is 15.4. The van der Waals surface area contributed by atoms with Gasteiger partial charge in [-0.3, -0.25) is 9.59 Å². The molecule has 4 rings (SSSR count). The Kier molecular flexibility index (Phi) is 6.23. The minimum Gasteiger partial charge on any atom is -0.507 e. The van der Waals surface area contributed by atoms with Gasteiger partial charge in [0.2, 0.25) is 0 Å². The van der Waals surface area contributed by atoms with E-state index in [0.717, 1.165) is 13.1 Å². The van der Waals surface area contributed by atoms with Crippen molar-refractivity contribution in [3.05, 3.63) is 53.0 Å². The predicted octanol–water partition coefficient (Wildman–Crippen LogP) is 3.12. The second-order valence-electron chi connectivity index (χ2n) is 7.83. The number of hydrogen-bond acceptors (Lipinski definition) is 7. The molecule has 2 aliphatic heterocycles. The minimum atomic E-state index is -0.799. The number of aliphatic hydroxyl groups excluding tert-OH is 1. The predicted molar refractivity (Wildman–Crippen MR) is 118 cm³/mol. The first kappa shape index (κ1) is 22.0. The van der Waals surface area contributed by atoms with Crippen LogP contribution in [0.25, 0.3) is 5.76 Å². The van der Waals surface area contributed by atoms with Gasteiger partial charge in [0.15, 0.2) is 11.5 Å². The van der Waals surface area contributed by atoms with Gasteiger partial charge < -0.3 is 28.8 Å². The standard InChI is InChI=1S/C24H28N2O6/c1-4-25(5-2)10-11-26-21(18-8-6-15(3)32-18)20(23(28)24(26)29)22(27)16-7-9-17-19(14-16)31-13-12-30-17/h6-9,14,21,27H,4-5,10-13H2,1-3H3/t21-/m1/s1. The maximum Gasteiger partial charge on any atom is 0.295 e. The number of aryl methyl sites for hydroxylation is 1. The van der Waals surface area contributed by atoms with Gasteiger partial charge in [-0.1, -0.05) is 13.8 Å². The molecule has 170 valence electrons. The normalized spacial score (nSPS) is 19.8. The fraction of sp³-hybridized carbons (Fsp3) is 0.417. The van der Waals surface area contributed by atoms with Crippen LogP contribution in [0.15, 0.2) is 40.3 Å². The van der Waals surface area contributed by atoms with E-state index in [-0.39, 0.29) is 11.3 Å². The lowest BCUT2D eigenvalue weighted by Crippen LogP contribution is -2.37. The topological polar surface area (TPSA) is 92.5 Å². The van der Waals surface area contributed by atoms with E-state index in [0.29, 0.717) is 54.9 Å². The van der Waals surface area contributed by atoms with Crippen LogP contribution in [0.3, 0.4) is 0 Å². The Balaban J connectivity index is 1.76. The lowest BCUT2D eigenvalue weighted by atomic mass is 9.99. The van der Waals surface area contributed by atoms with Crippen molar-refractivity contribution < 1.29 is 28.6 Å². The van der Waals surface area contributed by atoms with Crippen LogP contribution in [0.1, 0.15) is 37.0 Å². The quantitative estimate of drug-likeness (QED) is 0.402. The van der Waals surface area contributed by atoms with E-state index in [2.05, 4.69) is 4.90 Å².